The second-order valence-electron chi connectivity index (χ2n) is 5.14. The molecule has 2 aliphatic heterocycles. The summed E-state index contributed by atoms with van der Waals surface area (Å²) in [5, 5.41) is 0. The Balaban J connectivity index is 2.06. The van der Waals surface area contributed by atoms with Crippen LogP contribution in [0.15, 0.2) is 0 Å². The van der Waals surface area contributed by atoms with Gasteiger partial charge in [0.15, 0.2) is 0 Å². The van der Waals surface area contributed by atoms with E-state index in [2.05, 4.69) is 25.7 Å². The van der Waals surface area contributed by atoms with Crippen molar-refractivity contribution in [1.82, 2.24) is 4.90 Å². The maximum absolute atomic E-state index is 6.49. The summed E-state index contributed by atoms with van der Waals surface area (Å²) in [7, 11) is 0. The smallest absolute Gasteiger partial charge is 0.0259 e. The number of hydrogen-bond acceptors (Lipinski definition) is 2. The highest BCUT2D eigenvalue weighted by Gasteiger charge is 2.57. The van der Waals surface area contributed by atoms with Gasteiger partial charge < -0.3 is 10.6 Å². The number of hydrogen-bond donors (Lipinski definition) is 1. The summed E-state index contributed by atoms with van der Waals surface area (Å²) >= 11 is 0. The molecule has 0 aromatic heterocycles. The Labute approximate surface area is 81.5 Å². The van der Waals surface area contributed by atoms with Gasteiger partial charge in [-0.15, -0.1) is 0 Å². The highest BCUT2D eigenvalue weighted by atomic mass is 15.2. The Morgan fingerprint density at radius 1 is 1.38 bits per heavy atom. The summed E-state index contributed by atoms with van der Waals surface area (Å²) < 4.78 is 0. The zero-order valence-corrected chi connectivity index (χ0v) is 9.09. The predicted molar refractivity (Wildman–Crippen MR) is 55.5 cm³/mol. The monoisotopic (exact) mass is 182 g/mol. The molecule has 3 fully saturated rings. The molecule has 1 saturated carbocycles. The fourth-order valence-corrected chi connectivity index (χ4v) is 3.29. The van der Waals surface area contributed by atoms with Crippen molar-refractivity contribution in [2.45, 2.75) is 32.7 Å². The average molecular weight is 182 g/mol. The minimum absolute atomic E-state index is 0.172. The molecule has 2 unspecified atom stereocenters. The van der Waals surface area contributed by atoms with Crippen LogP contribution in [-0.4, -0.2) is 30.1 Å². The zero-order chi connectivity index (χ0) is 9.64. The van der Waals surface area contributed by atoms with Crippen LogP contribution >= 0.6 is 0 Å². The second-order valence-corrected chi connectivity index (χ2v) is 5.14. The van der Waals surface area contributed by atoms with Gasteiger partial charge in [0.2, 0.25) is 0 Å². The van der Waals surface area contributed by atoms with Gasteiger partial charge in [0.1, 0.15) is 0 Å². The van der Waals surface area contributed by atoms with Gasteiger partial charge in [-0.25, -0.2) is 0 Å². The minimum atomic E-state index is 0.172. The molecule has 3 aliphatic rings. The van der Waals surface area contributed by atoms with Crippen LogP contribution in [0.1, 0.15) is 27.2 Å². The molecular weight excluding hydrogens is 160 g/mol. The van der Waals surface area contributed by atoms with Gasteiger partial charge in [-0.3, -0.25) is 0 Å². The van der Waals surface area contributed by atoms with E-state index < -0.39 is 0 Å². The first kappa shape index (κ1) is 9.47. The van der Waals surface area contributed by atoms with Crippen LogP contribution in [0.2, 0.25) is 0 Å². The zero-order valence-electron chi connectivity index (χ0n) is 9.09. The van der Waals surface area contributed by atoms with E-state index in [0.717, 1.165) is 11.8 Å². The lowest BCUT2D eigenvalue weighted by Gasteiger charge is -2.62. The topological polar surface area (TPSA) is 29.3 Å². The first-order valence-electron chi connectivity index (χ1n) is 5.60. The molecule has 13 heavy (non-hydrogen) atoms. The van der Waals surface area contributed by atoms with Gasteiger partial charge in [0.25, 0.3) is 0 Å². The SMILES string of the molecule is CCN1CC2CC(C1)C2(N)C(C)C. The van der Waals surface area contributed by atoms with E-state index in [0.29, 0.717) is 5.92 Å². The number of piperidine rings is 2. The van der Waals surface area contributed by atoms with E-state index in [1.165, 1.54) is 26.1 Å². The summed E-state index contributed by atoms with van der Waals surface area (Å²) in [6, 6.07) is 0. The first-order chi connectivity index (χ1) is 6.09. The first-order valence-corrected chi connectivity index (χ1v) is 5.60. The largest absolute Gasteiger partial charge is 0.324 e. The minimum Gasteiger partial charge on any atom is -0.324 e. The lowest BCUT2D eigenvalue weighted by molar-refractivity contribution is -0.0879. The third kappa shape index (κ3) is 1.15. The Hall–Kier alpha value is -0.0800. The Morgan fingerprint density at radius 2 is 1.92 bits per heavy atom. The quantitative estimate of drug-likeness (QED) is 0.697. The molecule has 0 amide bonds. The van der Waals surface area contributed by atoms with Crippen molar-refractivity contribution in [3.05, 3.63) is 0 Å². The van der Waals surface area contributed by atoms with E-state index in [-0.39, 0.29) is 5.54 Å². The number of rotatable bonds is 2. The summed E-state index contributed by atoms with van der Waals surface area (Å²) in [5.74, 6) is 2.19. The molecule has 2 heteroatoms. The summed E-state index contributed by atoms with van der Waals surface area (Å²) in [6.07, 6.45) is 1.38. The van der Waals surface area contributed by atoms with Gasteiger partial charge in [-0.2, -0.15) is 0 Å². The highest BCUT2D eigenvalue weighted by Crippen LogP contribution is 2.50. The van der Waals surface area contributed by atoms with Crippen LogP contribution in [0.5, 0.6) is 0 Å². The summed E-state index contributed by atoms with van der Waals surface area (Å²) in [5.41, 5.74) is 6.66. The molecule has 2 N–H and O–H groups in total. The number of nitrogens with two attached hydrogens (primary N) is 1. The highest BCUT2D eigenvalue weighted by molar-refractivity contribution is 5.13. The normalized spacial score (nSPS) is 45.0. The third-order valence-corrected chi connectivity index (χ3v) is 4.39. The molecule has 2 saturated heterocycles. The second kappa shape index (κ2) is 2.96. The van der Waals surface area contributed by atoms with Gasteiger partial charge >= 0.3 is 0 Å². The summed E-state index contributed by atoms with van der Waals surface area (Å²) in [4.78, 5) is 2.55. The standard InChI is InChI=1S/C11H22N2/c1-4-13-6-9-5-10(7-13)11(9,12)8(2)3/h8-10H,4-7,12H2,1-3H3. The number of fused-ring (bicyclic) bond motifs is 2. The van der Waals surface area contributed by atoms with Gasteiger partial charge in [-0.1, -0.05) is 20.8 Å². The molecule has 0 spiro atoms. The fourth-order valence-electron chi connectivity index (χ4n) is 3.29. The fraction of sp³-hybridized carbons (Fsp3) is 1.00. The molecule has 76 valence electrons. The van der Waals surface area contributed by atoms with E-state index in [1.807, 2.05) is 0 Å². The van der Waals surface area contributed by atoms with Crippen molar-refractivity contribution in [2.75, 3.05) is 19.6 Å². The molecule has 2 nitrogen and oxygen atoms in total. The van der Waals surface area contributed by atoms with Gasteiger partial charge in [0, 0.05) is 18.6 Å². The van der Waals surface area contributed by atoms with E-state index in [4.69, 9.17) is 5.73 Å². The Morgan fingerprint density at radius 3 is 2.31 bits per heavy atom. The van der Waals surface area contributed by atoms with Crippen molar-refractivity contribution < 1.29 is 0 Å². The molecule has 2 atom stereocenters. The lowest BCUT2D eigenvalue weighted by Crippen LogP contribution is -2.73. The van der Waals surface area contributed by atoms with Crippen molar-refractivity contribution in [2.24, 2.45) is 23.5 Å². The molecule has 0 aromatic rings. The van der Waals surface area contributed by atoms with Crippen LogP contribution in [-0.2, 0) is 0 Å². The van der Waals surface area contributed by atoms with E-state index in [1.54, 1.807) is 0 Å². The van der Waals surface area contributed by atoms with Crippen molar-refractivity contribution >= 4 is 0 Å². The summed E-state index contributed by atoms with van der Waals surface area (Å²) in [6.45, 7) is 10.5. The van der Waals surface area contributed by atoms with Crippen molar-refractivity contribution in [1.29, 1.82) is 0 Å². The van der Waals surface area contributed by atoms with Gasteiger partial charge in [-0.05, 0) is 30.7 Å². The van der Waals surface area contributed by atoms with Crippen LogP contribution in [0.3, 0.4) is 0 Å². The molecule has 1 aliphatic carbocycles. The molecule has 0 aromatic carbocycles. The van der Waals surface area contributed by atoms with E-state index in [9.17, 15) is 0 Å². The Kier molecular flexibility index (Phi) is 2.16. The molecular formula is C11H22N2. The molecule has 2 bridgehead atoms. The molecule has 2 heterocycles. The van der Waals surface area contributed by atoms with Crippen LogP contribution in [0.4, 0.5) is 0 Å². The van der Waals surface area contributed by atoms with Crippen LogP contribution < -0.4 is 5.73 Å². The van der Waals surface area contributed by atoms with Crippen LogP contribution in [0, 0.1) is 17.8 Å². The lowest BCUT2D eigenvalue weighted by atomic mass is 9.52. The van der Waals surface area contributed by atoms with Crippen LogP contribution in [0.25, 0.3) is 0 Å². The average Bonchev–Trinajstić information content (AvgIpc) is 2.16. The van der Waals surface area contributed by atoms with E-state index >= 15 is 0 Å². The van der Waals surface area contributed by atoms with Crippen molar-refractivity contribution in [3.63, 3.8) is 0 Å². The van der Waals surface area contributed by atoms with Gasteiger partial charge in [0.05, 0.1) is 0 Å². The molecule has 0 radical (unpaired) electrons. The molecule has 3 rings (SSSR count). The maximum atomic E-state index is 6.49. The predicted octanol–water partition coefficient (Wildman–Crippen LogP) is 1.31. The Bertz CT molecular complexity index is 188. The third-order valence-electron chi connectivity index (χ3n) is 4.39. The van der Waals surface area contributed by atoms with Crippen molar-refractivity contribution in [3.8, 4) is 0 Å². The maximum Gasteiger partial charge on any atom is 0.0259 e. The number of nitrogens with zero attached hydrogens (tertiary/aromatic N) is 1.